The molecule has 0 spiro atoms. The van der Waals surface area contributed by atoms with Crippen molar-refractivity contribution in [3.63, 3.8) is 0 Å². The normalized spacial score (nSPS) is 12.2. The summed E-state index contributed by atoms with van der Waals surface area (Å²) in [5.74, 6) is -0.864. The van der Waals surface area contributed by atoms with Gasteiger partial charge in [0.25, 0.3) is 0 Å². The Kier molecular flexibility index (Phi) is 61.1. The summed E-state index contributed by atoms with van der Waals surface area (Å²) in [6.45, 7) is 6.63. The van der Waals surface area contributed by atoms with E-state index < -0.39 is 6.10 Å². The molecule has 0 fully saturated rings. The van der Waals surface area contributed by atoms with Crippen LogP contribution < -0.4 is 0 Å². The van der Waals surface area contributed by atoms with Crippen molar-refractivity contribution in [2.45, 2.75) is 367 Å². The quantitative estimate of drug-likeness (QED) is 0.0261. The molecule has 0 saturated carbocycles. The summed E-state index contributed by atoms with van der Waals surface area (Å²) in [6, 6.07) is 0. The van der Waals surface area contributed by atoms with Crippen molar-refractivity contribution in [3.05, 3.63) is 36.5 Å². The predicted molar refractivity (Wildman–Crippen MR) is 321 cm³/mol. The number of carbonyl (C=O) groups is 3. The van der Waals surface area contributed by atoms with Gasteiger partial charge in [-0.25, -0.2) is 0 Å². The molecule has 0 N–H and O–H groups in total. The van der Waals surface area contributed by atoms with E-state index in [9.17, 15) is 14.4 Å². The second-order valence-electron chi connectivity index (χ2n) is 22.4. The third kappa shape index (κ3) is 60.5. The summed E-state index contributed by atoms with van der Waals surface area (Å²) in [5.41, 5.74) is 0. The molecule has 0 aromatic heterocycles. The van der Waals surface area contributed by atoms with Gasteiger partial charge in [0, 0.05) is 19.3 Å². The minimum atomic E-state index is -0.775. The number of hydrogen-bond acceptors (Lipinski definition) is 6. The topological polar surface area (TPSA) is 78.9 Å². The van der Waals surface area contributed by atoms with Crippen LogP contribution in [0.25, 0.3) is 0 Å². The molecular formula is C68H126O6. The SMILES string of the molecule is CCC/C=C\CCCCCCCC(=O)OCC(COC(=O)CCCCCCCCCCCCC/C=C\CCCCCCCCCC)OC(=O)CCCCCCCCCCCCC/C=C\CCCCCCCCCC. The third-order valence-corrected chi connectivity index (χ3v) is 14.8. The molecule has 6 heteroatoms. The largest absolute Gasteiger partial charge is 0.462 e. The lowest BCUT2D eigenvalue weighted by molar-refractivity contribution is -0.167. The van der Waals surface area contributed by atoms with Gasteiger partial charge in [0.05, 0.1) is 0 Å². The van der Waals surface area contributed by atoms with Gasteiger partial charge in [0.2, 0.25) is 0 Å². The molecule has 434 valence electrons. The maximum absolute atomic E-state index is 12.9. The molecule has 0 aliphatic rings. The van der Waals surface area contributed by atoms with E-state index in [1.807, 2.05) is 0 Å². The second kappa shape index (κ2) is 63.2. The molecule has 74 heavy (non-hydrogen) atoms. The molecule has 0 amide bonds. The fourth-order valence-electron chi connectivity index (χ4n) is 9.85. The molecule has 0 radical (unpaired) electrons. The van der Waals surface area contributed by atoms with E-state index in [-0.39, 0.29) is 31.1 Å². The van der Waals surface area contributed by atoms with E-state index in [0.717, 1.165) is 70.6 Å². The van der Waals surface area contributed by atoms with Crippen molar-refractivity contribution in [3.8, 4) is 0 Å². The van der Waals surface area contributed by atoms with Crippen molar-refractivity contribution in [1.82, 2.24) is 0 Å². The van der Waals surface area contributed by atoms with Crippen LogP contribution in [0.3, 0.4) is 0 Å². The van der Waals surface area contributed by atoms with Crippen LogP contribution in [0.4, 0.5) is 0 Å². The standard InChI is InChI=1S/C68H126O6/c1-4-7-10-13-16-19-22-24-26-28-30-32-34-36-38-40-42-44-46-49-52-55-58-61-67(70)73-64-65(63-72-66(69)60-57-54-51-48-21-18-15-12-9-6-3)74-68(71)62-59-56-53-50-47-45-43-41-39-37-35-33-31-29-27-25-23-20-17-14-11-8-5-2/h12,15,28-31,65H,4-11,13-14,16-27,32-64H2,1-3H3/b15-12-,30-28-,31-29-. The number of carbonyl (C=O) groups excluding carboxylic acids is 3. The van der Waals surface area contributed by atoms with E-state index in [2.05, 4.69) is 57.2 Å². The summed E-state index contributed by atoms with van der Waals surface area (Å²) in [6.07, 6.45) is 77.4. The first-order valence-electron chi connectivity index (χ1n) is 33.0. The summed E-state index contributed by atoms with van der Waals surface area (Å²) in [5, 5.41) is 0. The Labute approximate surface area is 461 Å². The van der Waals surface area contributed by atoms with Crippen molar-refractivity contribution in [1.29, 1.82) is 0 Å². The van der Waals surface area contributed by atoms with Gasteiger partial charge >= 0.3 is 17.9 Å². The summed E-state index contributed by atoms with van der Waals surface area (Å²) in [4.78, 5) is 38.2. The highest BCUT2D eigenvalue weighted by Gasteiger charge is 2.19. The number of esters is 3. The Morgan fingerprint density at radius 3 is 0.730 bits per heavy atom. The number of hydrogen-bond donors (Lipinski definition) is 0. The molecule has 1 atom stereocenters. The van der Waals surface area contributed by atoms with Gasteiger partial charge in [0.15, 0.2) is 6.10 Å². The van der Waals surface area contributed by atoms with Gasteiger partial charge in [-0.1, -0.05) is 288 Å². The third-order valence-electron chi connectivity index (χ3n) is 14.8. The highest BCUT2D eigenvalue weighted by atomic mass is 16.6. The fraction of sp³-hybridized carbons (Fsp3) is 0.868. The van der Waals surface area contributed by atoms with Crippen LogP contribution in [0.2, 0.25) is 0 Å². The maximum Gasteiger partial charge on any atom is 0.306 e. The van der Waals surface area contributed by atoms with Gasteiger partial charge in [-0.2, -0.15) is 0 Å². The van der Waals surface area contributed by atoms with Crippen LogP contribution in [0.1, 0.15) is 361 Å². The molecule has 0 bridgehead atoms. The molecule has 0 aliphatic heterocycles. The molecule has 0 aliphatic carbocycles. The summed E-state index contributed by atoms with van der Waals surface area (Å²) < 4.78 is 16.9. The van der Waals surface area contributed by atoms with Gasteiger partial charge in [-0.15, -0.1) is 0 Å². The van der Waals surface area contributed by atoms with Crippen LogP contribution in [-0.2, 0) is 28.6 Å². The minimum Gasteiger partial charge on any atom is -0.462 e. The lowest BCUT2D eigenvalue weighted by Crippen LogP contribution is -2.30. The van der Waals surface area contributed by atoms with E-state index in [1.54, 1.807) is 0 Å². The smallest absolute Gasteiger partial charge is 0.306 e. The zero-order valence-electron chi connectivity index (χ0n) is 49.9. The Morgan fingerprint density at radius 1 is 0.257 bits per heavy atom. The predicted octanol–water partition coefficient (Wildman–Crippen LogP) is 22.4. The minimum absolute atomic E-state index is 0.0724. The first-order valence-corrected chi connectivity index (χ1v) is 33.0. The zero-order valence-corrected chi connectivity index (χ0v) is 49.9. The van der Waals surface area contributed by atoms with E-state index in [0.29, 0.717) is 19.3 Å². The van der Waals surface area contributed by atoms with Crippen LogP contribution in [0.15, 0.2) is 36.5 Å². The Morgan fingerprint density at radius 2 is 0.473 bits per heavy atom. The van der Waals surface area contributed by atoms with Gasteiger partial charge in [-0.3, -0.25) is 14.4 Å². The fourth-order valence-corrected chi connectivity index (χ4v) is 9.85. The molecule has 0 aromatic rings. The average molecular weight is 1040 g/mol. The lowest BCUT2D eigenvalue weighted by atomic mass is 10.0. The monoisotopic (exact) mass is 1040 g/mol. The molecule has 0 saturated heterocycles. The van der Waals surface area contributed by atoms with Gasteiger partial charge in [0.1, 0.15) is 13.2 Å². The van der Waals surface area contributed by atoms with Crippen LogP contribution in [0, 0.1) is 0 Å². The Balaban J connectivity index is 4.19. The first-order chi connectivity index (χ1) is 36.5. The van der Waals surface area contributed by atoms with E-state index in [1.165, 1.54) is 250 Å². The average Bonchev–Trinajstić information content (AvgIpc) is 3.40. The van der Waals surface area contributed by atoms with Crippen molar-refractivity contribution in [2.75, 3.05) is 13.2 Å². The maximum atomic E-state index is 12.9. The molecule has 0 aromatic carbocycles. The summed E-state index contributed by atoms with van der Waals surface area (Å²) in [7, 11) is 0. The second-order valence-corrected chi connectivity index (χ2v) is 22.4. The van der Waals surface area contributed by atoms with Crippen LogP contribution >= 0.6 is 0 Å². The number of allylic oxidation sites excluding steroid dienone is 6. The van der Waals surface area contributed by atoms with Crippen molar-refractivity contribution >= 4 is 17.9 Å². The van der Waals surface area contributed by atoms with Crippen LogP contribution in [-0.4, -0.2) is 37.2 Å². The Hall–Kier alpha value is -2.37. The number of unbranched alkanes of at least 4 members (excludes halogenated alkanes) is 44. The highest BCUT2D eigenvalue weighted by Crippen LogP contribution is 2.17. The number of ether oxygens (including phenoxy) is 3. The van der Waals surface area contributed by atoms with Gasteiger partial charge < -0.3 is 14.2 Å². The Bertz CT molecular complexity index is 1240. The molecule has 0 heterocycles. The van der Waals surface area contributed by atoms with Crippen molar-refractivity contribution in [2.24, 2.45) is 0 Å². The van der Waals surface area contributed by atoms with E-state index in [4.69, 9.17) is 14.2 Å². The van der Waals surface area contributed by atoms with Gasteiger partial charge in [-0.05, 0) is 89.9 Å². The molecule has 1 unspecified atom stereocenters. The molecular weight excluding hydrogens is 913 g/mol. The zero-order chi connectivity index (χ0) is 53.6. The highest BCUT2D eigenvalue weighted by molar-refractivity contribution is 5.71. The van der Waals surface area contributed by atoms with Crippen LogP contribution in [0.5, 0.6) is 0 Å². The van der Waals surface area contributed by atoms with Crippen molar-refractivity contribution < 1.29 is 28.6 Å². The summed E-state index contributed by atoms with van der Waals surface area (Å²) >= 11 is 0. The first kappa shape index (κ1) is 71.6. The molecule has 6 nitrogen and oxygen atoms in total. The lowest BCUT2D eigenvalue weighted by Gasteiger charge is -2.18. The number of rotatable bonds is 61. The van der Waals surface area contributed by atoms with E-state index >= 15 is 0 Å². The molecule has 0 rings (SSSR count).